The van der Waals surface area contributed by atoms with Crippen LogP contribution in [0.1, 0.15) is 11.1 Å². The summed E-state index contributed by atoms with van der Waals surface area (Å²) in [6.45, 7) is 2.29. The minimum atomic E-state index is 0.272. The molecule has 0 saturated carbocycles. The van der Waals surface area contributed by atoms with E-state index in [4.69, 9.17) is 31.5 Å². The number of aromatic nitrogens is 4. The van der Waals surface area contributed by atoms with Crippen molar-refractivity contribution < 1.29 is 9.47 Å². The molecule has 0 saturated heterocycles. The highest BCUT2D eigenvalue weighted by atomic mass is 16.5. The number of nitrogens with zero attached hydrogens (tertiary/aromatic N) is 6. The van der Waals surface area contributed by atoms with Crippen molar-refractivity contribution in [2.24, 2.45) is 0 Å². The summed E-state index contributed by atoms with van der Waals surface area (Å²) in [6, 6.07) is 3.89. The van der Waals surface area contributed by atoms with Crippen molar-refractivity contribution in [1.82, 2.24) is 19.6 Å². The summed E-state index contributed by atoms with van der Waals surface area (Å²) in [5, 5.41) is 24.9. The van der Waals surface area contributed by atoms with E-state index in [2.05, 4.69) is 10.2 Å². The SMILES string of the molecule is COCCn1cc(C#N)c(N)n1.COCCn1ncc(C#N)c1N. The van der Waals surface area contributed by atoms with Crippen LogP contribution in [0.5, 0.6) is 0 Å². The Labute approximate surface area is 139 Å². The second-order valence-electron chi connectivity index (χ2n) is 4.57. The summed E-state index contributed by atoms with van der Waals surface area (Å²) >= 11 is 0. The van der Waals surface area contributed by atoms with Gasteiger partial charge in [-0.1, -0.05) is 0 Å². The third-order valence-corrected chi connectivity index (χ3v) is 2.94. The molecule has 0 spiro atoms. The highest BCUT2D eigenvalue weighted by molar-refractivity contribution is 5.47. The Morgan fingerprint density at radius 3 is 2.21 bits per heavy atom. The zero-order valence-corrected chi connectivity index (χ0v) is 13.6. The molecule has 0 aliphatic heterocycles. The average Bonchev–Trinajstić information content (AvgIpc) is 3.13. The molecule has 0 fully saturated rings. The van der Waals surface area contributed by atoms with Gasteiger partial charge in [0.1, 0.15) is 29.1 Å². The summed E-state index contributed by atoms with van der Waals surface area (Å²) in [7, 11) is 3.21. The first kappa shape index (κ1) is 19.0. The van der Waals surface area contributed by atoms with E-state index in [9.17, 15) is 0 Å². The molecule has 10 nitrogen and oxygen atoms in total. The number of hydrogen-bond donors (Lipinski definition) is 2. The second-order valence-corrected chi connectivity index (χ2v) is 4.57. The molecular formula is C14H20N8O2. The normalized spacial score (nSPS) is 9.67. The van der Waals surface area contributed by atoms with Gasteiger partial charge in [0.15, 0.2) is 5.82 Å². The number of nitriles is 2. The number of nitrogen functional groups attached to an aromatic ring is 2. The maximum absolute atomic E-state index is 8.54. The third kappa shape index (κ3) is 5.28. The number of methoxy groups -OCH3 is 2. The van der Waals surface area contributed by atoms with Crippen molar-refractivity contribution in [2.75, 3.05) is 38.9 Å². The van der Waals surface area contributed by atoms with Crippen LogP contribution in [0, 0.1) is 22.7 Å². The van der Waals surface area contributed by atoms with E-state index in [0.29, 0.717) is 43.2 Å². The van der Waals surface area contributed by atoms with Crippen molar-refractivity contribution in [3.63, 3.8) is 0 Å². The fourth-order valence-corrected chi connectivity index (χ4v) is 1.66. The highest BCUT2D eigenvalue weighted by Crippen LogP contribution is 2.08. The molecule has 0 aliphatic carbocycles. The molecule has 0 amide bonds. The van der Waals surface area contributed by atoms with Gasteiger partial charge in [0, 0.05) is 20.4 Å². The lowest BCUT2D eigenvalue weighted by molar-refractivity contribution is 0.183. The summed E-state index contributed by atoms with van der Waals surface area (Å²) < 4.78 is 12.8. The van der Waals surface area contributed by atoms with Crippen LogP contribution in [-0.2, 0) is 22.6 Å². The Morgan fingerprint density at radius 2 is 1.71 bits per heavy atom. The van der Waals surface area contributed by atoms with E-state index < -0.39 is 0 Å². The summed E-state index contributed by atoms with van der Waals surface area (Å²) in [6.07, 6.45) is 3.05. The number of ether oxygens (including phenoxy) is 2. The topological polar surface area (TPSA) is 154 Å². The Morgan fingerprint density at radius 1 is 1.08 bits per heavy atom. The van der Waals surface area contributed by atoms with Crippen LogP contribution in [0.2, 0.25) is 0 Å². The number of anilines is 2. The van der Waals surface area contributed by atoms with Crippen LogP contribution in [0.25, 0.3) is 0 Å². The first-order chi connectivity index (χ1) is 11.6. The molecule has 2 aromatic rings. The minimum absolute atomic E-state index is 0.272. The maximum Gasteiger partial charge on any atom is 0.163 e. The van der Waals surface area contributed by atoms with Gasteiger partial charge in [-0.05, 0) is 0 Å². The van der Waals surface area contributed by atoms with Gasteiger partial charge < -0.3 is 20.9 Å². The Bertz CT molecular complexity index is 710. The molecule has 0 unspecified atom stereocenters. The minimum Gasteiger partial charge on any atom is -0.383 e. The van der Waals surface area contributed by atoms with Gasteiger partial charge >= 0.3 is 0 Å². The molecular weight excluding hydrogens is 312 g/mol. The van der Waals surface area contributed by atoms with E-state index in [1.165, 1.54) is 6.20 Å². The molecule has 24 heavy (non-hydrogen) atoms. The zero-order chi connectivity index (χ0) is 17.9. The number of nitrogens with two attached hydrogens (primary N) is 2. The van der Waals surface area contributed by atoms with Crippen molar-refractivity contribution in [1.29, 1.82) is 10.5 Å². The summed E-state index contributed by atoms with van der Waals surface area (Å²) in [4.78, 5) is 0. The van der Waals surface area contributed by atoms with Gasteiger partial charge in [-0.25, -0.2) is 4.68 Å². The quantitative estimate of drug-likeness (QED) is 0.747. The van der Waals surface area contributed by atoms with Gasteiger partial charge in [0.25, 0.3) is 0 Å². The lowest BCUT2D eigenvalue weighted by Crippen LogP contribution is -2.09. The number of hydrogen-bond acceptors (Lipinski definition) is 8. The maximum atomic E-state index is 8.54. The molecule has 0 bridgehead atoms. The van der Waals surface area contributed by atoms with E-state index >= 15 is 0 Å². The largest absolute Gasteiger partial charge is 0.383 e. The Hall–Kier alpha value is -3.08. The van der Waals surface area contributed by atoms with Crippen LogP contribution in [0.3, 0.4) is 0 Å². The molecule has 0 radical (unpaired) electrons. The first-order valence-corrected chi connectivity index (χ1v) is 6.99. The van der Waals surface area contributed by atoms with Crippen molar-refractivity contribution in [3.8, 4) is 12.1 Å². The van der Waals surface area contributed by atoms with Crippen molar-refractivity contribution >= 4 is 11.6 Å². The zero-order valence-electron chi connectivity index (χ0n) is 13.6. The first-order valence-electron chi connectivity index (χ1n) is 6.99. The molecule has 0 atom stereocenters. The van der Waals surface area contributed by atoms with Crippen LogP contribution in [0.4, 0.5) is 11.6 Å². The molecule has 4 N–H and O–H groups in total. The van der Waals surface area contributed by atoms with E-state index in [1.54, 1.807) is 29.8 Å². The Kier molecular flexibility index (Phi) is 7.78. The lowest BCUT2D eigenvalue weighted by atomic mass is 10.4. The van der Waals surface area contributed by atoms with Gasteiger partial charge in [-0.3, -0.25) is 4.68 Å². The highest BCUT2D eigenvalue weighted by Gasteiger charge is 2.05. The smallest absolute Gasteiger partial charge is 0.163 e. The Balaban J connectivity index is 0.000000240. The molecule has 0 aliphatic rings. The van der Waals surface area contributed by atoms with Crippen LogP contribution < -0.4 is 11.5 Å². The van der Waals surface area contributed by atoms with Crippen molar-refractivity contribution in [3.05, 3.63) is 23.5 Å². The second kappa shape index (κ2) is 9.84. The third-order valence-electron chi connectivity index (χ3n) is 2.94. The van der Waals surface area contributed by atoms with Gasteiger partial charge in [0.05, 0.1) is 32.5 Å². The molecule has 2 heterocycles. The van der Waals surface area contributed by atoms with Gasteiger partial charge in [-0.15, -0.1) is 0 Å². The predicted octanol–water partition coefficient (Wildman–Crippen LogP) is -0.0332. The lowest BCUT2D eigenvalue weighted by Gasteiger charge is -2.01. The van der Waals surface area contributed by atoms with Crippen molar-refractivity contribution in [2.45, 2.75) is 13.1 Å². The van der Waals surface area contributed by atoms with Crippen LogP contribution >= 0.6 is 0 Å². The summed E-state index contributed by atoms with van der Waals surface area (Å²) in [5.41, 5.74) is 11.8. The molecule has 2 aromatic heterocycles. The van der Waals surface area contributed by atoms with E-state index in [-0.39, 0.29) is 5.82 Å². The number of rotatable bonds is 6. The fraction of sp³-hybridized carbons (Fsp3) is 0.429. The fourth-order valence-electron chi connectivity index (χ4n) is 1.66. The predicted molar refractivity (Wildman–Crippen MR) is 86.5 cm³/mol. The summed E-state index contributed by atoms with van der Waals surface area (Å²) in [5.74, 6) is 0.670. The van der Waals surface area contributed by atoms with Gasteiger partial charge in [-0.2, -0.15) is 20.7 Å². The molecule has 2 rings (SSSR count). The van der Waals surface area contributed by atoms with Crippen LogP contribution in [0.15, 0.2) is 12.4 Å². The van der Waals surface area contributed by atoms with E-state index in [0.717, 1.165) is 0 Å². The molecule has 10 heteroatoms. The average molecular weight is 332 g/mol. The van der Waals surface area contributed by atoms with Crippen LogP contribution in [-0.4, -0.2) is 47.0 Å². The van der Waals surface area contributed by atoms with Gasteiger partial charge in [0.2, 0.25) is 0 Å². The molecule has 0 aromatic carbocycles. The standard InChI is InChI=1S/2C7H10N4O/c1-12-3-2-11-5-6(4-8)7(9)10-11;1-12-3-2-11-7(9)6(4-8)5-10-11/h5H,2-3H2,1H3,(H2,9,10);5H,2-3,9H2,1H3. The van der Waals surface area contributed by atoms with E-state index in [1.807, 2.05) is 12.1 Å². The molecule has 128 valence electrons. The monoisotopic (exact) mass is 332 g/mol.